The van der Waals surface area contributed by atoms with Gasteiger partial charge in [0.25, 0.3) is 0 Å². The summed E-state index contributed by atoms with van der Waals surface area (Å²) in [7, 11) is 0. The van der Waals surface area contributed by atoms with Gasteiger partial charge in [0.1, 0.15) is 0 Å². The quantitative estimate of drug-likeness (QED) is 0.875. The monoisotopic (exact) mass is 320 g/mol. The average Bonchev–Trinajstić information content (AvgIpc) is 2.79. The zero-order valence-electron chi connectivity index (χ0n) is 13.5. The number of rotatable bonds is 2. The third-order valence-corrected chi connectivity index (χ3v) is 4.30. The maximum absolute atomic E-state index is 12.3. The molecular weight excluding hydrogens is 296 g/mol. The number of hydrogen-bond acceptors (Lipinski definition) is 4. The minimum atomic E-state index is -0.414. The number of aliphatic hydroxyl groups is 1. The van der Waals surface area contributed by atoms with Crippen molar-refractivity contribution in [2.75, 3.05) is 26.3 Å². The van der Waals surface area contributed by atoms with Crippen molar-refractivity contribution in [1.82, 2.24) is 10.2 Å². The summed E-state index contributed by atoms with van der Waals surface area (Å²) >= 11 is 0. The van der Waals surface area contributed by atoms with Crippen LogP contribution in [-0.4, -0.2) is 48.4 Å². The van der Waals surface area contributed by atoms with E-state index in [-0.39, 0.29) is 12.1 Å². The fourth-order valence-electron chi connectivity index (χ4n) is 2.95. The van der Waals surface area contributed by atoms with Gasteiger partial charge in [-0.2, -0.15) is 0 Å². The lowest BCUT2D eigenvalue weighted by Gasteiger charge is -2.31. The van der Waals surface area contributed by atoms with Crippen molar-refractivity contribution in [2.45, 2.75) is 38.3 Å². The molecule has 2 N–H and O–H groups in total. The van der Waals surface area contributed by atoms with E-state index in [1.165, 1.54) is 0 Å². The van der Waals surface area contributed by atoms with E-state index in [0.717, 1.165) is 36.3 Å². The largest absolute Gasteiger partial charge is 0.490 e. The number of fused-ring (bicyclic) bond motifs is 1. The molecule has 2 aliphatic heterocycles. The third-order valence-electron chi connectivity index (χ3n) is 4.30. The van der Waals surface area contributed by atoms with Gasteiger partial charge in [-0.15, -0.1) is 0 Å². The molecule has 2 heterocycles. The van der Waals surface area contributed by atoms with Crippen molar-refractivity contribution < 1.29 is 19.4 Å². The Morgan fingerprint density at radius 2 is 2.09 bits per heavy atom. The smallest absolute Gasteiger partial charge is 0.317 e. The molecule has 2 atom stereocenters. The number of carbonyl (C=O) groups excluding carboxylic acids is 1. The Morgan fingerprint density at radius 3 is 2.87 bits per heavy atom. The maximum Gasteiger partial charge on any atom is 0.317 e. The maximum atomic E-state index is 12.3. The van der Waals surface area contributed by atoms with E-state index in [4.69, 9.17) is 9.47 Å². The van der Waals surface area contributed by atoms with Crippen molar-refractivity contribution in [2.24, 2.45) is 0 Å². The predicted octanol–water partition coefficient (Wildman–Crippen LogP) is 2.08. The molecule has 1 saturated heterocycles. The number of piperidine rings is 1. The number of likely N-dealkylation sites (tertiary alicyclic amines) is 1. The van der Waals surface area contributed by atoms with E-state index < -0.39 is 6.10 Å². The molecule has 1 fully saturated rings. The highest BCUT2D eigenvalue weighted by Crippen LogP contribution is 2.32. The van der Waals surface area contributed by atoms with E-state index in [1.54, 1.807) is 4.90 Å². The molecule has 3 rings (SSSR count). The number of hydrogen-bond donors (Lipinski definition) is 2. The number of nitrogens with one attached hydrogen (secondary N) is 1. The molecule has 1 aromatic rings. The van der Waals surface area contributed by atoms with Crippen LogP contribution in [0, 0.1) is 0 Å². The first-order chi connectivity index (χ1) is 11.1. The molecule has 0 spiro atoms. The van der Waals surface area contributed by atoms with Crippen LogP contribution in [0.1, 0.15) is 37.8 Å². The van der Waals surface area contributed by atoms with Crippen LogP contribution >= 0.6 is 0 Å². The van der Waals surface area contributed by atoms with Gasteiger partial charge in [-0.05, 0) is 37.5 Å². The highest BCUT2D eigenvalue weighted by Gasteiger charge is 2.23. The van der Waals surface area contributed by atoms with Crippen LogP contribution in [0.15, 0.2) is 18.2 Å². The SMILES string of the molecule is C[C@H](NC(=O)N1CCC[C@H](O)C1)c1ccc2c(c1)OCCCO2. The molecule has 6 heteroatoms. The second-order valence-corrected chi connectivity index (χ2v) is 6.17. The van der Waals surface area contributed by atoms with Crippen LogP contribution in [0.25, 0.3) is 0 Å². The first-order valence-corrected chi connectivity index (χ1v) is 8.26. The number of carbonyl (C=O) groups is 1. The first kappa shape index (κ1) is 15.9. The molecule has 0 bridgehead atoms. The second kappa shape index (κ2) is 7.08. The highest BCUT2D eigenvalue weighted by molar-refractivity contribution is 5.75. The topological polar surface area (TPSA) is 71.0 Å². The van der Waals surface area contributed by atoms with E-state index in [1.807, 2.05) is 25.1 Å². The Kier molecular flexibility index (Phi) is 4.91. The molecule has 0 unspecified atom stereocenters. The molecule has 0 aromatic heterocycles. The molecule has 2 aliphatic rings. The van der Waals surface area contributed by atoms with Crippen LogP contribution in [0.2, 0.25) is 0 Å². The number of aliphatic hydroxyl groups excluding tert-OH is 1. The molecule has 0 aliphatic carbocycles. The second-order valence-electron chi connectivity index (χ2n) is 6.17. The van der Waals surface area contributed by atoms with Crippen molar-refractivity contribution >= 4 is 6.03 Å². The minimum Gasteiger partial charge on any atom is -0.490 e. The number of β-amino-alcohol motifs (C(OH)–C–C–N with tert-alkyl or cyclic N) is 1. The lowest BCUT2D eigenvalue weighted by molar-refractivity contribution is 0.0835. The Labute approximate surface area is 136 Å². The van der Waals surface area contributed by atoms with Gasteiger partial charge in [-0.1, -0.05) is 6.07 Å². The van der Waals surface area contributed by atoms with Gasteiger partial charge in [0.15, 0.2) is 11.5 Å². The van der Waals surface area contributed by atoms with E-state index in [0.29, 0.717) is 26.3 Å². The van der Waals surface area contributed by atoms with Crippen LogP contribution in [-0.2, 0) is 0 Å². The summed E-state index contributed by atoms with van der Waals surface area (Å²) in [6.45, 7) is 4.34. The first-order valence-electron chi connectivity index (χ1n) is 8.26. The summed E-state index contributed by atoms with van der Waals surface area (Å²) in [5.74, 6) is 1.48. The van der Waals surface area contributed by atoms with Gasteiger partial charge < -0.3 is 24.8 Å². The number of benzene rings is 1. The zero-order chi connectivity index (χ0) is 16.2. The number of amides is 2. The summed E-state index contributed by atoms with van der Waals surface area (Å²) in [6.07, 6.45) is 2.06. The molecule has 6 nitrogen and oxygen atoms in total. The van der Waals surface area contributed by atoms with E-state index in [9.17, 15) is 9.90 Å². The summed E-state index contributed by atoms with van der Waals surface area (Å²) in [5, 5.41) is 12.7. The molecule has 2 amide bonds. The van der Waals surface area contributed by atoms with Gasteiger partial charge in [0.05, 0.1) is 25.4 Å². The molecule has 23 heavy (non-hydrogen) atoms. The minimum absolute atomic E-state index is 0.136. The standard InChI is InChI=1S/C17H24N2O4/c1-12(18-17(21)19-7-2-4-14(20)11-19)13-5-6-15-16(10-13)23-9-3-8-22-15/h5-6,10,12,14,20H,2-4,7-9,11H2,1H3,(H,18,21)/t12-,14-/m0/s1. The number of urea groups is 1. The molecule has 0 saturated carbocycles. The van der Waals surface area contributed by atoms with Crippen molar-refractivity contribution in [1.29, 1.82) is 0 Å². The van der Waals surface area contributed by atoms with Crippen molar-refractivity contribution in [3.8, 4) is 11.5 Å². The Morgan fingerprint density at radius 1 is 1.30 bits per heavy atom. The fraction of sp³-hybridized carbons (Fsp3) is 0.588. The normalized spacial score (nSPS) is 22.2. The van der Waals surface area contributed by atoms with Gasteiger partial charge >= 0.3 is 6.03 Å². The van der Waals surface area contributed by atoms with Crippen LogP contribution in [0.5, 0.6) is 11.5 Å². The van der Waals surface area contributed by atoms with Crippen LogP contribution in [0.3, 0.4) is 0 Å². The Balaban J connectivity index is 1.64. The number of nitrogens with zero attached hydrogens (tertiary/aromatic N) is 1. The van der Waals surface area contributed by atoms with Crippen molar-refractivity contribution in [3.63, 3.8) is 0 Å². The summed E-state index contributed by atoms with van der Waals surface area (Å²) in [6, 6.07) is 5.49. The zero-order valence-corrected chi connectivity index (χ0v) is 13.5. The molecule has 0 radical (unpaired) electrons. The third kappa shape index (κ3) is 3.88. The van der Waals surface area contributed by atoms with Gasteiger partial charge in [0, 0.05) is 19.5 Å². The molecule has 1 aromatic carbocycles. The molecular formula is C17H24N2O4. The Hall–Kier alpha value is -1.95. The number of ether oxygens (including phenoxy) is 2. The van der Waals surface area contributed by atoms with Crippen LogP contribution < -0.4 is 14.8 Å². The summed E-state index contributed by atoms with van der Waals surface area (Å²) < 4.78 is 11.3. The van der Waals surface area contributed by atoms with Gasteiger partial charge in [-0.25, -0.2) is 4.79 Å². The van der Waals surface area contributed by atoms with Crippen molar-refractivity contribution in [3.05, 3.63) is 23.8 Å². The fourth-order valence-corrected chi connectivity index (χ4v) is 2.95. The van der Waals surface area contributed by atoms with E-state index >= 15 is 0 Å². The van der Waals surface area contributed by atoms with Gasteiger partial charge in [0.2, 0.25) is 0 Å². The average molecular weight is 320 g/mol. The van der Waals surface area contributed by atoms with E-state index in [2.05, 4.69) is 5.32 Å². The van der Waals surface area contributed by atoms with Gasteiger partial charge in [-0.3, -0.25) is 0 Å². The Bertz CT molecular complexity index is 564. The highest BCUT2D eigenvalue weighted by atomic mass is 16.5. The summed E-state index contributed by atoms with van der Waals surface area (Å²) in [4.78, 5) is 14.0. The predicted molar refractivity (Wildman–Crippen MR) is 85.8 cm³/mol. The lowest BCUT2D eigenvalue weighted by Crippen LogP contribution is -2.47. The molecule has 126 valence electrons. The summed E-state index contributed by atoms with van der Waals surface area (Å²) in [5.41, 5.74) is 0.972. The lowest BCUT2D eigenvalue weighted by atomic mass is 10.1. The van der Waals surface area contributed by atoms with Crippen LogP contribution in [0.4, 0.5) is 4.79 Å².